The molecule has 2 aliphatic heterocycles. The van der Waals surface area contributed by atoms with E-state index in [0.29, 0.717) is 18.4 Å². The summed E-state index contributed by atoms with van der Waals surface area (Å²) in [7, 11) is 1.68. The highest BCUT2D eigenvalue weighted by molar-refractivity contribution is 5.89. The summed E-state index contributed by atoms with van der Waals surface area (Å²) in [6.07, 6.45) is 3.40. The topological polar surface area (TPSA) is 47.6 Å². The number of nitrogens with one attached hydrogen (secondary N) is 1. The first-order chi connectivity index (χ1) is 10.3. The van der Waals surface area contributed by atoms with Crippen LogP contribution in [-0.2, 0) is 16.6 Å². The lowest BCUT2D eigenvalue weighted by Gasteiger charge is -2.54. The molecular weight excluding hydrogens is 266 g/mol. The molecule has 0 aromatic heterocycles. The molecule has 1 aromatic rings. The normalized spacial score (nSPS) is 38.7. The van der Waals surface area contributed by atoms with Crippen LogP contribution >= 0.6 is 0 Å². The Hall–Kier alpha value is -1.55. The number of ether oxygens (including phenoxy) is 2. The van der Waals surface area contributed by atoms with E-state index in [1.165, 1.54) is 11.1 Å². The highest BCUT2D eigenvalue weighted by atomic mass is 16.5. The standard InChI is InChI=1S/C17H19NO3/c1-20-13-5-2-9-8-11-10-3-4-12(19)16-17(10,6-7-18-11)14(9)15(13)21-16/h2,5,10-11,16,18H,3-4,6-8H2,1H3/t10-,11-,16+,17+/m1/s1. The van der Waals surface area contributed by atoms with Crippen molar-refractivity contribution in [2.75, 3.05) is 13.7 Å². The van der Waals surface area contributed by atoms with Gasteiger partial charge in [0.25, 0.3) is 0 Å². The molecule has 0 unspecified atom stereocenters. The lowest BCUT2D eigenvalue weighted by atomic mass is 9.52. The first-order valence-electron chi connectivity index (χ1n) is 7.89. The van der Waals surface area contributed by atoms with E-state index in [-0.39, 0.29) is 17.3 Å². The molecule has 4 nitrogen and oxygen atoms in total. The van der Waals surface area contributed by atoms with Crippen LogP contribution in [0.1, 0.15) is 30.4 Å². The van der Waals surface area contributed by atoms with Crippen molar-refractivity contribution in [1.29, 1.82) is 0 Å². The number of Topliss-reactive ketones (excluding diaryl/α,β-unsaturated/α-hetero) is 1. The second-order valence-corrected chi connectivity index (χ2v) is 6.80. The number of carbonyl (C=O) groups is 1. The van der Waals surface area contributed by atoms with Crippen LogP contribution in [0, 0.1) is 5.92 Å². The molecule has 0 amide bonds. The average molecular weight is 285 g/mol. The fraction of sp³-hybridized carbons (Fsp3) is 0.588. The van der Waals surface area contributed by atoms with Gasteiger partial charge in [0.15, 0.2) is 23.4 Å². The number of carbonyl (C=O) groups excluding carboxylic acids is 1. The maximum absolute atomic E-state index is 12.5. The summed E-state index contributed by atoms with van der Waals surface area (Å²) >= 11 is 0. The molecule has 2 heterocycles. The third-order valence-electron chi connectivity index (χ3n) is 6.12. The van der Waals surface area contributed by atoms with E-state index in [9.17, 15) is 4.79 Å². The minimum atomic E-state index is -0.286. The summed E-state index contributed by atoms with van der Waals surface area (Å²) in [5, 5.41) is 3.67. The van der Waals surface area contributed by atoms with E-state index in [1.54, 1.807) is 7.11 Å². The Bertz CT molecular complexity index is 656. The number of ketones is 1. The van der Waals surface area contributed by atoms with E-state index in [1.807, 2.05) is 6.07 Å². The van der Waals surface area contributed by atoms with E-state index in [2.05, 4.69) is 11.4 Å². The molecule has 2 fully saturated rings. The first kappa shape index (κ1) is 12.0. The van der Waals surface area contributed by atoms with Crippen molar-refractivity contribution in [2.45, 2.75) is 43.2 Å². The molecule has 1 aromatic carbocycles. The number of benzene rings is 1. The maximum atomic E-state index is 12.5. The molecule has 4 atom stereocenters. The minimum absolute atomic E-state index is 0.0945. The minimum Gasteiger partial charge on any atom is -0.493 e. The Morgan fingerprint density at radius 1 is 1.43 bits per heavy atom. The van der Waals surface area contributed by atoms with Crippen molar-refractivity contribution in [3.63, 3.8) is 0 Å². The molecule has 4 heteroatoms. The molecule has 2 aliphatic carbocycles. The third kappa shape index (κ3) is 1.24. The molecule has 21 heavy (non-hydrogen) atoms. The number of rotatable bonds is 1. The van der Waals surface area contributed by atoms with E-state index in [0.717, 1.165) is 37.3 Å². The van der Waals surface area contributed by atoms with Gasteiger partial charge < -0.3 is 14.8 Å². The predicted octanol–water partition coefficient (Wildman–Crippen LogP) is 1.59. The van der Waals surface area contributed by atoms with Crippen molar-refractivity contribution in [2.24, 2.45) is 5.92 Å². The zero-order chi connectivity index (χ0) is 14.2. The first-order valence-corrected chi connectivity index (χ1v) is 7.89. The average Bonchev–Trinajstić information content (AvgIpc) is 2.83. The SMILES string of the molecule is COc1ccc2c3c1O[C@H]1C(=O)CC[C@@H]4[C@@H](C2)NCC[C@@]341. The summed E-state index contributed by atoms with van der Waals surface area (Å²) in [5.74, 6) is 2.43. The van der Waals surface area contributed by atoms with Crippen LogP contribution in [0.2, 0.25) is 0 Å². The Morgan fingerprint density at radius 3 is 3.19 bits per heavy atom. The third-order valence-corrected chi connectivity index (χ3v) is 6.12. The van der Waals surface area contributed by atoms with Crippen LogP contribution in [-0.4, -0.2) is 31.6 Å². The number of methoxy groups -OCH3 is 1. The van der Waals surface area contributed by atoms with E-state index in [4.69, 9.17) is 9.47 Å². The van der Waals surface area contributed by atoms with Crippen LogP contribution in [0.5, 0.6) is 11.5 Å². The molecule has 1 saturated carbocycles. The summed E-state index contributed by atoms with van der Waals surface area (Å²) in [4.78, 5) is 12.5. The molecule has 4 aliphatic rings. The van der Waals surface area contributed by atoms with Crippen molar-refractivity contribution >= 4 is 5.78 Å². The lowest BCUT2D eigenvalue weighted by Crippen LogP contribution is -2.65. The van der Waals surface area contributed by atoms with Gasteiger partial charge in [0.05, 0.1) is 7.11 Å². The highest BCUT2D eigenvalue weighted by Crippen LogP contribution is 2.61. The van der Waals surface area contributed by atoms with Gasteiger partial charge in [-0.15, -0.1) is 0 Å². The smallest absolute Gasteiger partial charge is 0.174 e. The quantitative estimate of drug-likeness (QED) is 0.851. The largest absolute Gasteiger partial charge is 0.493 e. The number of hydrogen-bond donors (Lipinski definition) is 1. The van der Waals surface area contributed by atoms with Crippen LogP contribution in [0.4, 0.5) is 0 Å². The molecule has 5 rings (SSSR count). The molecule has 2 bridgehead atoms. The second kappa shape index (κ2) is 3.80. The van der Waals surface area contributed by atoms with E-state index >= 15 is 0 Å². The van der Waals surface area contributed by atoms with Crippen LogP contribution in [0.15, 0.2) is 12.1 Å². The van der Waals surface area contributed by atoms with Crippen molar-refractivity contribution in [1.82, 2.24) is 5.32 Å². The fourth-order valence-corrected chi connectivity index (χ4v) is 5.40. The Kier molecular flexibility index (Phi) is 2.18. The lowest BCUT2D eigenvalue weighted by molar-refractivity contribution is -0.135. The Balaban J connectivity index is 1.83. The Labute approximate surface area is 123 Å². The van der Waals surface area contributed by atoms with Gasteiger partial charge in [0.1, 0.15) is 0 Å². The highest BCUT2D eigenvalue weighted by Gasteiger charge is 2.64. The number of hydrogen-bond acceptors (Lipinski definition) is 4. The van der Waals surface area contributed by atoms with Gasteiger partial charge in [0, 0.05) is 23.4 Å². The van der Waals surface area contributed by atoms with Gasteiger partial charge in [-0.25, -0.2) is 0 Å². The van der Waals surface area contributed by atoms with Crippen molar-refractivity contribution < 1.29 is 14.3 Å². The van der Waals surface area contributed by atoms with Gasteiger partial charge in [0.2, 0.25) is 0 Å². The molecule has 110 valence electrons. The van der Waals surface area contributed by atoms with Crippen LogP contribution in [0.3, 0.4) is 0 Å². The Morgan fingerprint density at radius 2 is 2.33 bits per heavy atom. The summed E-state index contributed by atoms with van der Waals surface area (Å²) in [5.41, 5.74) is 2.54. The number of piperidine rings is 1. The van der Waals surface area contributed by atoms with Gasteiger partial charge in [-0.05, 0) is 43.4 Å². The molecular formula is C17H19NO3. The molecule has 1 saturated heterocycles. The molecule has 0 radical (unpaired) electrons. The van der Waals surface area contributed by atoms with Crippen molar-refractivity contribution in [3.8, 4) is 11.5 Å². The van der Waals surface area contributed by atoms with Gasteiger partial charge in [-0.3, -0.25) is 4.79 Å². The van der Waals surface area contributed by atoms with Crippen LogP contribution < -0.4 is 14.8 Å². The predicted molar refractivity (Wildman–Crippen MR) is 76.9 cm³/mol. The van der Waals surface area contributed by atoms with Gasteiger partial charge in [-0.2, -0.15) is 0 Å². The summed E-state index contributed by atoms with van der Waals surface area (Å²) < 4.78 is 11.7. The monoisotopic (exact) mass is 285 g/mol. The zero-order valence-electron chi connectivity index (χ0n) is 12.1. The van der Waals surface area contributed by atoms with Crippen molar-refractivity contribution in [3.05, 3.63) is 23.3 Å². The summed E-state index contributed by atoms with van der Waals surface area (Å²) in [6.45, 7) is 0.977. The summed E-state index contributed by atoms with van der Waals surface area (Å²) in [6, 6.07) is 4.65. The van der Waals surface area contributed by atoms with Gasteiger partial charge >= 0.3 is 0 Å². The van der Waals surface area contributed by atoms with E-state index < -0.39 is 0 Å². The molecule has 1 N–H and O–H groups in total. The zero-order valence-corrected chi connectivity index (χ0v) is 12.1. The second-order valence-electron chi connectivity index (χ2n) is 6.80. The van der Waals surface area contributed by atoms with Gasteiger partial charge in [-0.1, -0.05) is 6.07 Å². The fourth-order valence-electron chi connectivity index (χ4n) is 5.40. The van der Waals surface area contributed by atoms with Crippen LogP contribution in [0.25, 0.3) is 0 Å². The maximum Gasteiger partial charge on any atom is 0.174 e. The molecule has 1 spiro atoms.